The molecule has 134 valence electrons. The van der Waals surface area contributed by atoms with Crippen molar-refractivity contribution in [1.29, 1.82) is 0 Å². The zero-order valence-corrected chi connectivity index (χ0v) is 14.7. The Balaban J connectivity index is 1.32. The Morgan fingerprint density at radius 3 is 2.52 bits per heavy atom. The lowest BCUT2D eigenvalue weighted by Crippen LogP contribution is -2.48. The van der Waals surface area contributed by atoms with E-state index in [0.29, 0.717) is 31.5 Å². The van der Waals surface area contributed by atoms with Crippen LogP contribution in [0.2, 0.25) is 0 Å². The summed E-state index contributed by atoms with van der Waals surface area (Å²) in [6.45, 7) is 3.99. The minimum atomic E-state index is -0.185. The molecule has 0 unspecified atom stereocenters. The van der Waals surface area contributed by atoms with Crippen molar-refractivity contribution in [2.24, 2.45) is 0 Å². The van der Waals surface area contributed by atoms with E-state index < -0.39 is 0 Å². The van der Waals surface area contributed by atoms with E-state index in [-0.39, 0.29) is 12.1 Å². The minimum absolute atomic E-state index is 0.185. The summed E-state index contributed by atoms with van der Waals surface area (Å²) < 4.78 is 16.2. The molecule has 0 radical (unpaired) electrons. The Kier molecular flexibility index (Phi) is 4.52. The lowest BCUT2D eigenvalue weighted by molar-refractivity contribution is 0.132. The number of amides is 1. The number of ether oxygens (including phenoxy) is 3. The van der Waals surface area contributed by atoms with Gasteiger partial charge in [0.25, 0.3) is 0 Å². The largest absolute Gasteiger partial charge is 0.486 e. The van der Waals surface area contributed by atoms with Crippen LogP contribution in [0.4, 0.5) is 10.5 Å². The fourth-order valence-electron chi connectivity index (χ4n) is 3.44. The van der Waals surface area contributed by atoms with Gasteiger partial charge in [-0.3, -0.25) is 0 Å². The number of fused-ring (bicyclic) bond motifs is 1. The maximum atomic E-state index is 11.7. The molecule has 0 aromatic heterocycles. The quantitative estimate of drug-likeness (QED) is 0.807. The topological polar surface area (TPSA) is 63.3 Å². The zero-order valence-electron chi connectivity index (χ0n) is 13.9. The molecule has 7 nitrogen and oxygen atoms in total. The highest BCUT2D eigenvalue weighted by molar-refractivity contribution is 7.80. The Morgan fingerprint density at radius 2 is 1.80 bits per heavy atom. The summed E-state index contributed by atoms with van der Waals surface area (Å²) in [5.74, 6) is 1.51. The number of cyclic esters (lactones) is 1. The molecule has 4 rings (SSSR count). The number of hydrogen-bond donors (Lipinski definition) is 1. The Bertz CT molecular complexity index is 676. The van der Waals surface area contributed by atoms with Gasteiger partial charge < -0.3 is 29.3 Å². The molecule has 3 aliphatic rings. The van der Waals surface area contributed by atoms with Crippen LogP contribution < -0.4 is 14.8 Å². The predicted molar refractivity (Wildman–Crippen MR) is 96.3 cm³/mol. The number of piperidine rings is 1. The molecule has 8 heteroatoms. The molecule has 0 saturated carbocycles. The van der Waals surface area contributed by atoms with E-state index in [1.54, 1.807) is 0 Å². The summed E-state index contributed by atoms with van der Waals surface area (Å²) in [6.07, 6.45) is 1.62. The average Bonchev–Trinajstić information content (AvgIpc) is 3.08. The lowest BCUT2D eigenvalue weighted by Gasteiger charge is -2.36. The van der Waals surface area contributed by atoms with E-state index in [1.807, 2.05) is 23.1 Å². The molecule has 2 fully saturated rings. The monoisotopic (exact) mass is 363 g/mol. The molecular weight excluding hydrogens is 342 g/mol. The van der Waals surface area contributed by atoms with Crippen LogP contribution >= 0.6 is 12.2 Å². The highest BCUT2D eigenvalue weighted by atomic mass is 32.1. The van der Waals surface area contributed by atoms with Gasteiger partial charge in [0.05, 0.1) is 6.54 Å². The van der Waals surface area contributed by atoms with Gasteiger partial charge in [-0.15, -0.1) is 0 Å². The van der Waals surface area contributed by atoms with Gasteiger partial charge in [0.15, 0.2) is 16.6 Å². The zero-order chi connectivity index (χ0) is 17.2. The first-order valence-electron chi connectivity index (χ1n) is 8.60. The van der Waals surface area contributed by atoms with Gasteiger partial charge in [-0.1, -0.05) is 0 Å². The summed E-state index contributed by atoms with van der Waals surface area (Å²) in [5, 5.41) is 3.97. The summed E-state index contributed by atoms with van der Waals surface area (Å²) in [5.41, 5.74) is 0.888. The van der Waals surface area contributed by atoms with Crippen LogP contribution in [0.3, 0.4) is 0 Å². The molecule has 1 N–H and O–H groups in total. The van der Waals surface area contributed by atoms with Crippen molar-refractivity contribution in [1.82, 2.24) is 9.80 Å². The number of carbonyl (C=O) groups is 1. The first-order chi connectivity index (χ1) is 12.2. The van der Waals surface area contributed by atoms with Crippen LogP contribution in [0.25, 0.3) is 0 Å². The van der Waals surface area contributed by atoms with Crippen molar-refractivity contribution in [3.8, 4) is 11.5 Å². The summed E-state index contributed by atoms with van der Waals surface area (Å²) in [4.78, 5) is 15.7. The average molecular weight is 363 g/mol. The number of hydrogen-bond acceptors (Lipinski definition) is 5. The number of nitrogens with zero attached hydrogens (tertiary/aromatic N) is 2. The van der Waals surface area contributed by atoms with Gasteiger partial charge in [-0.25, -0.2) is 4.79 Å². The van der Waals surface area contributed by atoms with Crippen molar-refractivity contribution in [3.05, 3.63) is 18.2 Å². The number of rotatable bonds is 2. The van der Waals surface area contributed by atoms with E-state index in [4.69, 9.17) is 26.4 Å². The molecule has 1 amide bonds. The van der Waals surface area contributed by atoms with E-state index in [9.17, 15) is 4.79 Å². The van der Waals surface area contributed by atoms with E-state index >= 15 is 0 Å². The van der Waals surface area contributed by atoms with E-state index in [0.717, 1.165) is 43.1 Å². The molecule has 25 heavy (non-hydrogen) atoms. The maximum absolute atomic E-state index is 11.7. The lowest BCUT2D eigenvalue weighted by atomic mass is 10.0. The second kappa shape index (κ2) is 6.95. The van der Waals surface area contributed by atoms with Gasteiger partial charge in [0.2, 0.25) is 0 Å². The maximum Gasteiger partial charge on any atom is 0.410 e. The minimum Gasteiger partial charge on any atom is -0.486 e. The van der Waals surface area contributed by atoms with Gasteiger partial charge in [0, 0.05) is 30.9 Å². The molecule has 0 atom stereocenters. The fraction of sp³-hybridized carbons (Fsp3) is 0.529. The molecule has 1 aromatic rings. The van der Waals surface area contributed by atoms with Crippen LogP contribution in [-0.4, -0.2) is 66.5 Å². The molecule has 3 heterocycles. The third kappa shape index (κ3) is 3.44. The number of nitrogens with one attached hydrogen (secondary N) is 1. The van der Waals surface area contributed by atoms with Crippen LogP contribution in [-0.2, 0) is 4.74 Å². The third-order valence-electron chi connectivity index (χ3n) is 4.78. The Labute approximate surface area is 151 Å². The standard InChI is InChI=1S/C17H21N3O4S/c21-17-20(7-8-24-17)13-3-5-19(6-4-13)16(25)18-12-1-2-14-15(11-12)23-10-9-22-14/h1-2,11,13H,3-10H2,(H,18,25). The first-order valence-corrected chi connectivity index (χ1v) is 9.00. The second-order valence-corrected chi connectivity index (χ2v) is 6.70. The van der Waals surface area contributed by atoms with Crippen molar-refractivity contribution < 1.29 is 19.0 Å². The first kappa shape index (κ1) is 16.3. The smallest absolute Gasteiger partial charge is 0.410 e. The van der Waals surface area contributed by atoms with Crippen molar-refractivity contribution in [3.63, 3.8) is 0 Å². The van der Waals surface area contributed by atoms with Crippen LogP contribution in [0, 0.1) is 0 Å². The fourth-order valence-corrected chi connectivity index (χ4v) is 3.74. The van der Waals surface area contributed by atoms with Crippen molar-refractivity contribution in [2.75, 3.05) is 44.8 Å². The van der Waals surface area contributed by atoms with Gasteiger partial charge >= 0.3 is 6.09 Å². The van der Waals surface area contributed by atoms with Gasteiger partial charge in [-0.05, 0) is 37.2 Å². The normalized spacial score (nSPS) is 20.4. The van der Waals surface area contributed by atoms with Crippen LogP contribution in [0.1, 0.15) is 12.8 Å². The summed E-state index contributed by atoms with van der Waals surface area (Å²) in [6, 6.07) is 5.99. The molecule has 1 aromatic carbocycles. The molecule has 3 aliphatic heterocycles. The Morgan fingerprint density at radius 1 is 1.04 bits per heavy atom. The van der Waals surface area contributed by atoms with Crippen molar-refractivity contribution in [2.45, 2.75) is 18.9 Å². The van der Waals surface area contributed by atoms with E-state index in [1.165, 1.54) is 0 Å². The predicted octanol–water partition coefficient (Wildman–Crippen LogP) is 2.07. The molecule has 0 bridgehead atoms. The molecule has 0 aliphatic carbocycles. The number of thiocarbonyl (C=S) groups is 1. The highest BCUT2D eigenvalue weighted by Gasteiger charge is 2.32. The van der Waals surface area contributed by atoms with E-state index in [2.05, 4.69) is 10.2 Å². The Hall–Kier alpha value is -2.22. The third-order valence-corrected chi connectivity index (χ3v) is 5.14. The summed E-state index contributed by atoms with van der Waals surface area (Å²) in [7, 11) is 0. The number of likely N-dealkylation sites (tertiary alicyclic amines) is 1. The molecular formula is C17H21N3O4S. The second-order valence-electron chi connectivity index (χ2n) is 6.31. The SMILES string of the molecule is O=C1OCCN1C1CCN(C(=S)Nc2ccc3c(c2)OCCO3)CC1. The number of carbonyl (C=O) groups excluding carboxylic acids is 1. The molecule has 2 saturated heterocycles. The number of benzene rings is 1. The van der Waals surface area contributed by atoms with Gasteiger partial charge in [-0.2, -0.15) is 0 Å². The van der Waals surface area contributed by atoms with Crippen molar-refractivity contribution >= 4 is 29.1 Å². The highest BCUT2D eigenvalue weighted by Crippen LogP contribution is 2.32. The van der Waals surface area contributed by atoms with Gasteiger partial charge in [0.1, 0.15) is 19.8 Å². The number of anilines is 1. The van der Waals surface area contributed by atoms with Crippen LogP contribution in [0.15, 0.2) is 18.2 Å². The molecule has 0 spiro atoms. The summed E-state index contributed by atoms with van der Waals surface area (Å²) >= 11 is 5.54. The van der Waals surface area contributed by atoms with Crippen LogP contribution in [0.5, 0.6) is 11.5 Å².